The molecular weight excluding hydrogens is 264 g/mol. The molecule has 1 aromatic heterocycles. The van der Waals surface area contributed by atoms with E-state index < -0.39 is 17.5 Å². The van der Waals surface area contributed by atoms with Crippen molar-refractivity contribution in [1.82, 2.24) is 15.1 Å². The maximum absolute atomic E-state index is 11.8. The van der Waals surface area contributed by atoms with E-state index in [0.717, 1.165) is 0 Å². The van der Waals surface area contributed by atoms with Crippen molar-refractivity contribution in [1.29, 1.82) is 0 Å². The maximum Gasteiger partial charge on any atom is 0.329 e. The first-order valence-electron chi connectivity index (χ1n) is 6.25. The number of carboxylic acids is 1. The molecule has 1 heterocycles. The molecule has 2 amide bonds. The zero-order chi connectivity index (χ0) is 15.2. The summed E-state index contributed by atoms with van der Waals surface area (Å²) in [5.41, 5.74) is -0.807. The number of carboxylic acid groups (broad SMARTS) is 1. The van der Waals surface area contributed by atoms with E-state index in [0.29, 0.717) is 18.8 Å². The number of rotatable bonds is 7. The van der Waals surface area contributed by atoms with Gasteiger partial charge in [0.1, 0.15) is 5.54 Å². The average Bonchev–Trinajstić information content (AvgIpc) is 2.83. The fraction of sp³-hybridized carbons (Fsp3) is 0.583. The lowest BCUT2D eigenvalue weighted by atomic mass is 10.00. The van der Waals surface area contributed by atoms with Gasteiger partial charge in [-0.15, -0.1) is 0 Å². The van der Waals surface area contributed by atoms with Crippen LogP contribution in [0.3, 0.4) is 0 Å². The predicted octanol–water partition coefficient (Wildman–Crippen LogP) is 0.904. The van der Waals surface area contributed by atoms with Crippen molar-refractivity contribution < 1.29 is 19.4 Å². The molecule has 1 atom stereocenters. The molecule has 0 saturated carbocycles. The Kier molecular flexibility index (Phi) is 5.51. The molecule has 0 saturated heterocycles. The first-order valence-corrected chi connectivity index (χ1v) is 6.25. The van der Waals surface area contributed by atoms with Gasteiger partial charge in [0.05, 0.1) is 25.0 Å². The number of amides is 2. The summed E-state index contributed by atoms with van der Waals surface area (Å²) in [6, 6.07) is -0.581. The van der Waals surface area contributed by atoms with Gasteiger partial charge in [0.2, 0.25) is 0 Å². The molecule has 0 spiro atoms. The number of hydrogen-bond acceptors (Lipinski definition) is 4. The predicted molar refractivity (Wildman–Crippen MR) is 72.6 cm³/mol. The SMILES string of the molecule is CCC(C)(NC(=O)Nc1cnn(CCOC)c1)C(=O)O. The zero-order valence-corrected chi connectivity index (χ0v) is 11.8. The monoisotopic (exact) mass is 284 g/mol. The molecule has 0 aliphatic rings. The second kappa shape index (κ2) is 6.90. The number of carbonyl (C=O) groups excluding carboxylic acids is 1. The van der Waals surface area contributed by atoms with Gasteiger partial charge in [-0.25, -0.2) is 9.59 Å². The molecule has 8 nitrogen and oxygen atoms in total. The minimum absolute atomic E-state index is 0.281. The van der Waals surface area contributed by atoms with E-state index in [1.54, 1.807) is 24.9 Å². The molecule has 0 aliphatic carbocycles. The second-order valence-electron chi connectivity index (χ2n) is 4.55. The first kappa shape index (κ1) is 16.0. The van der Waals surface area contributed by atoms with Gasteiger partial charge in [-0.1, -0.05) is 6.92 Å². The number of urea groups is 1. The molecule has 1 rings (SSSR count). The molecule has 3 N–H and O–H groups in total. The molecule has 20 heavy (non-hydrogen) atoms. The molecule has 1 aromatic rings. The fourth-order valence-electron chi connectivity index (χ4n) is 1.44. The smallest absolute Gasteiger partial charge is 0.329 e. The number of aromatic nitrogens is 2. The van der Waals surface area contributed by atoms with Crippen molar-refractivity contribution in [3.05, 3.63) is 12.4 Å². The topological polar surface area (TPSA) is 105 Å². The number of carbonyl (C=O) groups is 2. The molecule has 8 heteroatoms. The number of methoxy groups -OCH3 is 1. The van der Waals surface area contributed by atoms with Gasteiger partial charge in [-0.3, -0.25) is 4.68 Å². The normalized spacial score (nSPS) is 13.6. The zero-order valence-electron chi connectivity index (χ0n) is 11.8. The standard InChI is InChI=1S/C12H20N4O4/c1-4-12(2,10(17)18)15-11(19)14-9-7-13-16(8-9)5-6-20-3/h7-8H,4-6H2,1-3H3,(H,17,18)(H2,14,15,19). The third-order valence-corrected chi connectivity index (χ3v) is 2.98. The Morgan fingerprint density at radius 2 is 2.25 bits per heavy atom. The Bertz CT molecular complexity index is 474. The van der Waals surface area contributed by atoms with Gasteiger partial charge < -0.3 is 20.5 Å². The molecule has 0 fully saturated rings. The Balaban J connectivity index is 2.58. The van der Waals surface area contributed by atoms with Crippen LogP contribution in [-0.4, -0.2) is 46.1 Å². The summed E-state index contributed by atoms with van der Waals surface area (Å²) in [6.45, 7) is 4.23. The van der Waals surface area contributed by atoms with Crippen LogP contribution < -0.4 is 10.6 Å². The largest absolute Gasteiger partial charge is 0.480 e. The lowest BCUT2D eigenvalue weighted by Crippen LogP contribution is -2.53. The second-order valence-corrected chi connectivity index (χ2v) is 4.55. The van der Waals surface area contributed by atoms with E-state index in [2.05, 4.69) is 15.7 Å². The van der Waals surface area contributed by atoms with Crippen LogP contribution in [-0.2, 0) is 16.1 Å². The third kappa shape index (κ3) is 4.23. The molecule has 0 aliphatic heterocycles. The van der Waals surface area contributed by atoms with Gasteiger partial charge in [0.25, 0.3) is 0 Å². The van der Waals surface area contributed by atoms with Crippen molar-refractivity contribution >= 4 is 17.7 Å². The van der Waals surface area contributed by atoms with Crippen LogP contribution in [0.2, 0.25) is 0 Å². The van der Waals surface area contributed by atoms with Gasteiger partial charge in [-0.2, -0.15) is 5.10 Å². The molecule has 0 bridgehead atoms. The summed E-state index contributed by atoms with van der Waals surface area (Å²) in [7, 11) is 1.59. The Hall–Kier alpha value is -2.09. The van der Waals surface area contributed by atoms with Crippen LogP contribution >= 0.6 is 0 Å². The lowest BCUT2D eigenvalue weighted by Gasteiger charge is -2.24. The van der Waals surface area contributed by atoms with E-state index in [1.807, 2.05) is 0 Å². The lowest BCUT2D eigenvalue weighted by molar-refractivity contribution is -0.143. The van der Waals surface area contributed by atoms with Crippen LogP contribution in [0.5, 0.6) is 0 Å². The van der Waals surface area contributed by atoms with Crippen LogP contribution in [0, 0.1) is 0 Å². The summed E-state index contributed by atoms with van der Waals surface area (Å²) >= 11 is 0. The quantitative estimate of drug-likeness (QED) is 0.690. The number of ether oxygens (including phenoxy) is 1. The maximum atomic E-state index is 11.8. The summed E-state index contributed by atoms with van der Waals surface area (Å²) in [5.74, 6) is -1.08. The highest BCUT2D eigenvalue weighted by Gasteiger charge is 2.32. The third-order valence-electron chi connectivity index (χ3n) is 2.98. The molecule has 1 unspecified atom stereocenters. The van der Waals surface area contributed by atoms with Crippen molar-refractivity contribution in [2.45, 2.75) is 32.4 Å². The van der Waals surface area contributed by atoms with Gasteiger partial charge in [0, 0.05) is 13.3 Å². The minimum Gasteiger partial charge on any atom is -0.480 e. The highest BCUT2D eigenvalue weighted by molar-refractivity contribution is 5.93. The van der Waals surface area contributed by atoms with Gasteiger partial charge >= 0.3 is 12.0 Å². The van der Waals surface area contributed by atoms with Gasteiger partial charge in [-0.05, 0) is 13.3 Å². The molecule has 0 radical (unpaired) electrons. The van der Waals surface area contributed by atoms with E-state index in [9.17, 15) is 9.59 Å². The summed E-state index contributed by atoms with van der Waals surface area (Å²) < 4.78 is 6.54. The number of aliphatic carboxylic acids is 1. The van der Waals surface area contributed by atoms with Crippen molar-refractivity contribution in [2.75, 3.05) is 19.0 Å². The van der Waals surface area contributed by atoms with Crippen molar-refractivity contribution in [3.8, 4) is 0 Å². The van der Waals surface area contributed by atoms with E-state index in [-0.39, 0.29) is 6.42 Å². The Morgan fingerprint density at radius 1 is 1.55 bits per heavy atom. The van der Waals surface area contributed by atoms with E-state index >= 15 is 0 Å². The molecule has 0 aromatic carbocycles. The highest BCUT2D eigenvalue weighted by atomic mass is 16.5. The molecule has 112 valence electrons. The fourth-order valence-corrected chi connectivity index (χ4v) is 1.44. The minimum atomic E-state index is -1.30. The number of nitrogens with zero attached hydrogens (tertiary/aromatic N) is 2. The Labute approximate surface area is 117 Å². The van der Waals surface area contributed by atoms with Crippen LogP contribution in [0.25, 0.3) is 0 Å². The van der Waals surface area contributed by atoms with Crippen molar-refractivity contribution in [2.24, 2.45) is 0 Å². The van der Waals surface area contributed by atoms with Crippen LogP contribution in [0.4, 0.5) is 10.5 Å². The number of nitrogens with one attached hydrogen (secondary N) is 2. The highest BCUT2D eigenvalue weighted by Crippen LogP contribution is 2.10. The van der Waals surface area contributed by atoms with Crippen LogP contribution in [0.1, 0.15) is 20.3 Å². The van der Waals surface area contributed by atoms with Crippen LogP contribution in [0.15, 0.2) is 12.4 Å². The average molecular weight is 284 g/mol. The summed E-state index contributed by atoms with van der Waals surface area (Å²) in [6.07, 6.45) is 3.41. The summed E-state index contributed by atoms with van der Waals surface area (Å²) in [5, 5.41) is 18.1. The number of anilines is 1. The number of hydrogen-bond donors (Lipinski definition) is 3. The van der Waals surface area contributed by atoms with E-state index in [4.69, 9.17) is 9.84 Å². The Morgan fingerprint density at radius 3 is 2.80 bits per heavy atom. The summed E-state index contributed by atoms with van der Waals surface area (Å²) in [4.78, 5) is 22.9. The van der Waals surface area contributed by atoms with Crippen molar-refractivity contribution in [3.63, 3.8) is 0 Å². The van der Waals surface area contributed by atoms with Gasteiger partial charge in [0.15, 0.2) is 0 Å². The first-order chi connectivity index (χ1) is 9.41. The van der Waals surface area contributed by atoms with E-state index in [1.165, 1.54) is 13.1 Å². The molecular formula is C12H20N4O4.